The number of nitrogen functional groups attached to an aromatic ring is 1. The largest absolute Gasteiger partial charge is 0.322 e. The molecule has 1 aromatic carbocycles. The lowest BCUT2D eigenvalue weighted by Gasteiger charge is -2.20. The number of pyridine rings is 1. The molecule has 0 spiro atoms. The highest BCUT2D eigenvalue weighted by molar-refractivity contribution is 6.31. The number of fused-ring (bicyclic) bond motifs is 1. The molecule has 0 fully saturated rings. The Balaban J connectivity index is 2.55. The van der Waals surface area contributed by atoms with Crippen molar-refractivity contribution in [2.75, 3.05) is 5.43 Å². The molecule has 0 bridgehead atoms. The van der Waals surface area contributed by atoms with Crippen LogP contribution in [0.2, 0.25) is 5.02 Å². The summed E-state index contributed by atoms with van der Waals surface area (Å²) in [7, 11) is 0. The number of benzene rings is 1. The van der Waals surface area contributed by atoms with Crippen molar-refractivity contribution in [1.82, 2.24) is 4.98 Å². The average Bonchev–Trinajstić information content (AvgIpc) is 2.26. The Morgan fingerprint density at radius 1 is 1.28 bits per heavy atom. The fraction of sp³-hybridized carbons (Fsp3) is 0.357. The van der Waals surface area contributed by atoms with E-state index in [1.807, 2.05) is 24.3 Å². The van der Waals surface area contributed by atoms with E-state index in [1.165, 1.54) is 0 Å². The fourth-order valence-electron chi connectivity index (χ4n) is 1.95. The lowest BCUT2D eigenvalue weighted by Crippen LogP contribution is -2.16. The summed E-state index contributed by atoms with van der Waals surface area (Å²) >= 11 is 5.98. The van der Waals surface area contributed by atoms with Crippen molar-refractivity contribution in [3.8, 4) is 0 Å². The predicted octanol–water partition coefficient (Wildman–Crippen LogP) is 3.76. The van der Waals surface area contributed by atoms with Gasteiger partial charge in [-0.2, -0.15) is 0 Å². The molecule has 0 aliphatic carbocycles. The Morgan fingerprint density at radius 2 is 2.00 bits per heavy atom. The SMILES string of the molecule is CC(C)(C)Cc1nc2ccc(Cl)cc2cc1NN. The van der Waals surface area contributed by atoms with E-state index in [4.69, 9.17) is 17.4 Å². The van der Waals surface area contributed by atoms with Gasteiger partial charge in [-0.15, -0.1) is 0 Å². The number of rotatable bonds is 2. The first-order valence-electron chi connectivity index (χ1n) is 5.95. The van der Waals surface area contributed by atoms with Crippen molar-refractivity contribution >= 4 is 28.2 Å². The molecular formula is C14H18ClN3. The van der Waals surface area contributed by atoms with E-state index in [9.17, 15) is 0 Å². The van der Waals surface area contributed by atoms with Crippen molar-refractivity contribution in [1.29, 1.82) is 0 Å². The summed E-state index contributed by atoms with van der Waals surface area (Å²) in [4.78, 5) is 4.67. The molecule has 0 aliphatic heterocycles. The molecule has 0 amide bonds. The van der Waals surface area contributed by atoms with Crippen LogP contribution in [-0.4, -0.2) is 4.98 Å². The Bertz CT molecular complexity index is 573. The molecule has 3 N–H and O–H groups in total. The maximum absolute atomic E-state index is 5.98. The van der Waals surface area contributed by atoms with Gasteiger partial charge in [-0.25, -0.2) is 0 Å². The van der Waals surface area contributed by atoms with E-state index >= 15 is 0 Å². The molecule has 0 unspecified atom stereocenters. The third-order valence-electron chi connectivity index (χ3n) is 2.71. The van der Waals surface area contributed by atoms with Gasteiger partial charge in [0.25, 0.3) is 0 Å². The molecule has 4 heteroatoms. The molecular weight excluding hydrogens is 246 g/mol. The van der Waals surface area contributed by atoms with Crippen LogP contribution in [0.3, 0.4) is 0 Å². The lowest BCUT2D eigenvalue weighted by atomic mass is 9.89. The van der Waals surface area contributed by atoms with Gasteiger partial charge in [0.05, 0.1) is 16.9 Å². The number of hydrazine groups is 1. The van der Waals surface area contributed by atoms with Gasteiger partial charge in [0.1, 0.15) is 0 Å². The minimum absolute atomic E-state index is 0.165. The Morgan fingerprint density at radius 3 is 2.61 bits per heavy atom. The second-order valence-corrected chi connectivity index (χ2v) is 6.14. The molecule has 0 atom stereocenters. The number of anilines is 1. The molecule has 0 aliphatic rings. The standard InChI is InChI=1S/C14H18ClN3/c1-14(2,3)8-13-12(18-16)7-9-6-10(15)4-5-11(9)17-13/h4-7,18H,8,16H2,1-3H3. The van der Waals surface area contributed by atoms with Crippen LogP contribution < -0.4 is 11.3 Å². The summed E-state index contributed by atoms with van der Waals surface area (Å²) in [6, 6.07) is 7.68. The van der Waals surface area contributed by atoms with Crippen LogP contribution >= 0.6 is 11.6 Å². The second kappa shape index (κ2) is 4.75. The molecule has 2 aromatic rings. The van der Waals surface area contributed by atoms with E-state index in [2.05, 4.69) is 31.2 Å². The number of aromatic nitrogens is 1. The van der Waals surface area contributed by atoms with Gasteiger partial charge in [-0.1, -0.05) is 32.4 Å². The summed E-state index contributed by atoms with van der Waals surface area (Å²) in [5.74, 6) is 5.58. The normalized spacial score (nSPS) is 11.8. The number of hydrogen-bond acceptors (Lipinski definition) is 3. The van der Waals surface area contributed by atoms with Crippen LogP contribution in [0.1, 0.15) is 26.5 Å². The smallest absolute Gasteiger partial charge is 0.0708 e. The minimum atomic E-state index is 0.165. The van der Waals surface area contributed by atoms with Gasteiger partial charge < -0.3 is 5.43 Å². The Hall–Kier alpha value is -1.32. The first-order valence-corrected chi connectivity index (χ1v) is 6.33. The zero-order valence-electron chi connectivity index (χ0n) is 10.9. The van der Waals surface area contributed by atoms with Crippen LogP contribution in [0.4, 0.5) is 5.69 Å². The molecule has 3 nitrogen and oxygen atoms in total. The van der Waals surface area contributed by atoms with Gasteiger partial charge in [-0.3, -0.25) is 10.8 Å². The first-order chi connectivity index (χ1) is 8.39. The lowest BCUT2D eigenvalue weighted by molar-refractivity contribution is 0.407. The van der Waals surface area contributed by atoms with Crippen molar-refractivity contribution in [3.63, 3.8) is 0 Å². The molecule has 96 valence electrons. The maximum atomic E-state index is 5.98. The third-order valence-corrected chi connectivity index (χ3v) is 2.94. The first kappa shape index (κ1) is 13.1. The molecule has 0 radical (unpaired) electrons. The zero-order chi connectivity index (χ0) is 13.3. The topological polar surface area (TPSA) is 50.9 Å². The predicted molar refractivity (Wildman–Crippen MR) is 77.7 cm³/mol. The molecule has 0 saturated carbocycles. The summed E-state index contributed by atoms with van der Waals surface area (Å²) in [6.45, 7) is 6.54. The van der Waals surface area contributed by atoms with E-state index in [0.29, 0.717) is 5.02 Å². The fourth-order valence-corrected chi connectivity index (χ4v) is 2.13. The van der Waals surface area contributed by atoms with Gasteiger partial charge in [-0.05, 0) is 36.1 Å². The van der Waals surface area contributed by atoms with E-state index < -0.39 is 0 Å². The van der Waals surface area contributed by atoms with E-state index in [-0.39, 0.29) is 5.41 Å². The van der Waals surface area contributed by atoms with Crippen molar-refractivity contribution in [3.05, 3.63) is 35.0 Å². The average molecular weight is 264 g/mol. The third kappa shape index (κ3) is 2.92. The van der Waals surface area contributed by atoms with Gasteiger partial charge >= 0.3 is 0 Å². The quantitative estimate of drug-likeness (QED) is 0.641. The van der Waals surface area contributed by atoms with Crippen LogP contribution in [-0.2, 0) is 6.42 Å². The number of nitrogens with two attached hydrogens (primary N) is 1. The van der Waals surface area contributed by atoms with Gasteiger partial charge in [0.2, 0.25) is 0 Å². The van der Waals surface area contributed by atoms with Gasteiger partial charge in [0.15, 0.2) is 0 Å². The van der Waals surface area contributed by atoms with E-state index in [1.54, 1.807) is 0 Å². The molecule has 18 heavy (non-hydrogen) atoms. The number of nitrogens with zero attached hydrogens (tertiary/aromatic N) is 1. The molecule has 1 heterocycles. The number of hydrogen-bond donors (Lipinski definition) is 2. The molecule has 0 saturated heterocycles. The molecule has 2 rings (SSSR count). The van der Waals surface area contributed by atoms with Crippen LogP contribution in [0, 0.1) is 5.41 Å². The Kier molecular flexibility index (Phi) is 3.46. The highest BCUT2D eigenvalue weighted by Crippen LogP contribution is 2.28. The highest BCUT2D eigenvalue weighted by Gasteiger charge is 2.16. The summed E-state index contributed by atoms with van der Waals surface area (Å²) in [5, 5.41) is 1.70. The van der Waals surface area contributed by atoms with E-state index in [0.717, 1.165) is 28.7 Å². The van der Waals surface area contributed by atoms with Crippen molar-refractivity contribution in [2.45, 2.75) is 27.2 Å². The van der Waals surface area contributed by atoms with Crippen LogP contribution in [0.15, 0.2) is 24.3 Å². The minimum Gasteiger partial charge on any atom is -0.322 e. The highest BCUT2D eigenvalue weighted by atomic mass is 35.5. The second-order valence-electron chi connectivity index (χ2n) is 5.70. The zero-order valence-corrected chi connectivity index (χ0v) is 11.7. The number of nitrogens with one attached hydrogen (secondary N) is 1. The maximum Gasteiger partial charge on any atom is 0.0708 e. The van der Waals surface area contributed by atoms with Crippen molar-refractivity contribution in [2.24, 2.45) is 11.3 Å². The monoisotopic (exact) mass is 263 g/mol. The Labute approximate surface area is 112 Å². The summed E-state index contributed by atoms with van der Waals surface area (Å²) in [6.07, 6.45) is 0.866. The van der Waals surface area contributed by atoms with Crippen LogP contribution in [0.25, 0.3) is 10.9 Å². The van der Waals surface area contributed by atoms with Crippen molar-refractivity contribution < 1.29 is 0 Å². The van der Waals surface area contributed by atoms with Gasteiger partial charge in [0, 0.05) is 10.4 Å². The summed E-state index contributed by atoms with van der Waals surface area (Å²) < 4.78 is 0. The number of halogens is 1. The summed E-state index contributed by atoms with van der Waals surface area (Å²) in [5.41, 5.74) is 5.68. The van der Waals surface area contributed by atoms with Crippen LogP contribution in [0.5, 0.6) is 0 Å². The molecule has 1 aromatic heterocycles.